The average Bonchev–Trinajstić information content (AvgIpc) is 2.63. The highest BCUT2D eigenvalue weighted by atomic mass is 16.5. The van der Waals surface area contributed by atoms with E-state index in [1.165, 1.54) is 0 Å². The van der Waals surface area contributed by atoms with Crippen molar-refractivity contribution in [1.29, 1.82) is 0 Å². The number of phenols is 1. The standard InChI is InChI=1S/C13H20N2O2/c1-15-7-6-10(14)11(15)8-9-4-3-5-12(17-2)13(9)16/h3-5,10-11,16H,6-8,14H2,1-2H3. The summed E-state index contributed by atoms with van der Waals surface area (Å²) in [5.74, 6) is 0.763. The highest BCUT2D eigenvalue weighted by molar-refractivity contribution is 5.45. The van der Waals surface area contributed by atoms with Crippen LogP contribution in [0.3, 0.4) is 0 Å². The number of methoxy groups -OCH3 is 1. The second-order valence-electron chi connectivity index (χ2n) is 4.67. The maximum atomic E-state index is 10.0. The average molecular weight is 236 g/mol. The molecule has 0 spiro atoms. The molecule has 3 N–H and O–H groups in total. The van der Waals surface area contributed by atoms with Gasteiger partial charge in [-0.3, -0.25) is 0 Å². The topological polar surface area (TPSA) is 58.7 Å². The molecule has 0 amide bonds. The van der Waals surface area contributed by atoms with Gasteiger partial charge >= 0.3 is 0 Å². The van der Waals surface area contributed by atoms with Gasteiger partial charge in [-0.2, -0.15) is 0 Å². The molecule has 1 aliphatic heterocycles. The summed E-state index contributed by atoms with van der Waals surface area (Å²) in [6, 6.07) is 6.07. The molecule has 0 aromatic heterocycles. The number of phenolic OH excluding ortho intramolecular Hbond substituents is 1. The summed E-state index contributed by atoms with van der Waals surface area (Å²) in [5, 5.41) is 10.0. The molecule has 1 heterocycles. The van der Waals surface area contributed by atoms with Crippen molar-refractivity contribution in [3.8, 4) is 11.5 Å². The maximum Gasteiger partial charge on any atom is 0.160 e. The van der Waals surface area contributed by atoms with Crippen LogP contribution in [0.25, 0.3) is 0 Å². The van der Waals surface area contributed by atoms with E-state index in [-0.39, 0.29) is 11.8 Å². The van der Waals surface area contributed by atoms with E-state index < -0.39 is 0 Å². The Morgan fingerprint density at radius 3 is 2.88 bits per heavy atom. The van der Waals surface area contributed by atoms with E-state index in [1.807, 2.05) is 12.1 Å². The van der Waals surface area contributed by atoms with Crippen molar-refractivity contribution < 1.29 is 9.84 Å². The lowest BCUT2D eigenvalue weighted by Gasteiger charge is -2.23. The number of likely N-dealkylation sites (N-methyl/N-ethyl adjacent to an activating group) is 1. The summed E-state index contributed by atoms with van der Waals surface area (Å²) in [7, 11) is 3.64. The summed E-state index contributed by atoms with van der Waals surface area (Å²) in [6.45, 7) is 1.02. The van der Waals surface area contributed by atoms with Gasteiger partial charge < -0.3 is 20.5 Å². The molecule has 0 radical (unpaired) electrons. The first-order chi connectivity index (χ1) is 8.13. The molecule has 94 valence electrons. The first kappa shape index (κ1) is 12.2. The van der Waals surface area contributed by atoms with Crippen LogP contribution in [0, 0.1) is 0 Å². The zero-order valence-electron chi connectivity index (χ0n) is 10.4. The predicted molar refractivity (Wildman–Crippen MR) is 67.4 cm³/mol. The molecule has 1 fully saturated rings. The van der Waals surface area contributed by atoms with Crippen LogP contribution >= 0.6 is 0 Å². The van der Waals surface area contributed by atoms with Crippen molar-refractivity contribution >= 4 is 0 Å². The van der Waals surface area contributed by atoms with E-state index in [0.717, 1.165) is 24.9 Å². The molecule has 1 aromatic rings. The normalized spacial score (nSPS) is 25.1. The first-order valence-electron chi connectivity index (χ1n) is 5.94. The Hall–Kier alpha value is -1.26. The number of hydrogen-bond donors (Lipinski definition) is 2. The van der Waals surface area contributed by atoms with Gasteiger partial charge in [0.05, 0.1) is 7.11 Å². The molecule has 0 bridgehead atoms. The Kier molecular flexibility index (Phi) is 3.54. The molecule has 2 atom stereocenters. The highest BCUT2D eigenvalue weighted by Crippen LogP contribution is 2.31. The van der Waals surface area contributed by atoms with Crippen molar-refractivity contribution in [2.75, 3.05) is 20.7 Å². The Morgan fingerprint density at radius 1 is 1.53 bits per heavy atom. The maximum absolute atomic E-state index is 10.0. The summed E-state index contributed by atoms with van der Waals surface area (Å²) in [5.41, 5.74) is 6.98. The van der Waals surface area contributed by atoms with Gasteiger partial charge in [-0.15, -0.1) is 0 Å². The molecule has 4 nitrogen and oxygen atoms in total. The summed E-state index contributed by atoms with van der Waals surface area (Å²) in [6.07, 6.45) is 1.78. The monoisotopic (exact) mass is 236 g/mol. The molecular formula is C13H20N2O2. The van der Waals surface area contributed by atoms with E-state index in [0.29, 0.717) is 11.8 Å². The minimum atomic E-state index is 0.186. The van der Waals surface area contributed by atoms with Gasteiger partial charge in [0.15, 0.2) is 11.5 Å². The van der Waals surface area contributed by atoms with Crippen LogP contribution in [0.15, 0.2) is 18.2 Å². The minimum Gasteiger partial charge on any atom is -0.504 e. The van der Waals surface area contributed by atoms with Crippen LogP contribution in [0.1, 0.15) is 12.0 Å². The summed E-state index contributed by atoms with van der Waals surface area (Å²) < 4.78 is 5.11. The second kappa shape index (κ2) is 4.94. The lowest BCUT2D eigenvalue weighted by atomic mass is 10.00. The van der Waals surface area contributed by atoms with Gasteiger partial charge in [0.25, 0.3) is 0 Å². The number of hydrogen-bond acceptors (Lipinski definition) is 4. The molecule has 0 aliphatic carbocycles. The fraction of sp³-hybridized carbons (Fsp3) is 0.538. The third kappa shape index (κ3) is 2.37. The van der Waals surface area contributed by atoms with E-state index >= 15 is 0 Å². The predicted octanol–water partition coefficient (Wildman–Crippen LogP) is 0.975. The fourth-order valence-electron chi connectivity index (χ4n) is 2.47. The van der Waals surface area contributed by atoms with Gasteiger partial charge in [0.2, 0.25) is 0 Å². The quantitative estimate of drug-likeness (QED) is 0.821. The van der Waals surface area contributed by atoms with Gasteiger partial charge in [-0.1, -0.05) is 12.1 Å². The number of benzene rings is 1. The van der Waals surface area contributed by atoms with E-state index in [2.05, 4.69) is 11.9 Å². The fourth-order valence-corrected chi connectivity index (χ4v) is 2.47. The van der Waals surface area contributed by atoms with E-state index in [1.54, 1.807) is 13.2 Å². The number of para-hydroxylation sites is 1. The molecule has 17 heavy (non-hydrogen) atoms. The number of nitrogens with zero attached hydrogens (tertiary/aromatic N) is 1. The lowest BCUT2D eigenvalue weighted by molar-refractivity contribution is 0.292. The zero-order chi connectivity index (χ0) is 12.4. The van der Waals surface area contributed by atoms with Crippen LogP contribution in [0.2, 0.25) is 0 Å². The Balaban J connectivity index is 2.18. The summed E-state index contributed by atoms with van der Waals surface area (Å²) in [4.78, 5) is 2.25. The van der Waals surface area contributed by atoms with Crippen molar-refractivity contribution in [2.45, 2.75) is 24.9 Å². The van der Waals surface area contributed by atoms with E-state index in [9.17, 15) is 5.11 Å². The molecule has 1 saturated heterocycles. The molecule has 0 saturated carbocycles. The zero-order valence-corrected chi connectivity index (χ0v) is 10.4. The molecular weight excluding hydrogens is 216 g/mol. The number of nitrogens with two attached hydrogens (primary N) is 1. The number of likely N-dealkylation sites (tertiary alicyclic amines) is 1. The third-order valence-electron chi connectivity index (χ3n) is 3.61. The highest BCUT2D eigenvalue weighted by Gasteiger charge is 2.29. The van der Waals surface area contributed by atoms with Gasteiger partial charge in [-0.25, -0.2) is 0 Å². The van der Waals surface area contributed by atoms with Crippen LogP contribution in [-0.2, 0) is 6.42 Å². The molecule has 2 unspecified atom stereocenters. The van der Waals surface area contributed by atoms with Crippen LogP contribution < -0.4 is 10.5 Å². The van der Waals surface area contributed by atoms with Crippen molar-refractivity contribution in [1.82, 2.24) is 4.90 Å². The van der Waals surface area contributed by atoms with Crippen LogP contribution in [0.5, 0.6) is 11.5 Å². The van der Waals surface area contributed by atoms with Crippen molar-refractivity contribution in [3.05, 3.63) is 23.8 Å². The molecule has 2 rings (SSSR count). The molecule has 1 aliphatic rings. The van der Waals surface area contributed by atoms with E-state index in [4.69, 9.17) is 10.5 Å². The number of rotatable bonds is 3. The Morgan fingerprint density at radius 2 is 2.29 bits per heavy atom. The lowest BCUT2D eigenvalue weighted by Crippen LogP contribution is -2.39. The number of aromatic hydroxyl groups is 1. The smallest absolute Gasteiger partial charge is 0.160 e. The SMILES string of the molecule is COc1cccc(CC2C(N)CCN2C)c1O. The minimum absolute atomic E-state index is 0.186. The van der Waals surface area contributed by atoms with Gasteiger partial charge in [0, 0.05) is 12.1 Å². The first-order valence-corrected chi connectivity index (χ1v) is 5.94. The number of ether oxygens (including phenoxy) is 1. The largest absolute Gasteiger partial charge is 0.504 e. The Bertz CT molecular complexity index is 385. The third-order valence-corrected chi connectivity index (χ3v) is 3.61. The van der Waals surface area contributed by atoms with Gasteiger partial charge in [-0.05, 0) is 38.1 Å². The Labute approximate surface area is 102 Å². The van der Waals surface area contributed by atoms with Crippen LogP contribution in [-0.4, -0.2) is 42.8 Å². The van der Waals surface area contributed by atoms with Crippen LogP contribution in [0.4, 0.5) is 0 Å². The molecule has 1 aromatic carbocycles. The summed E-state index contributed by atoms with van der Waals surface area (Å²) >= 11 is 0. The second-order valence-corrected chi connectivity index (χ2v) is 4.67. The molecule has 4 heteroatoms. The van der Waals surface area contributed by atoms with Crippen molar-refractivity contribution in [2.24, 2.45) is 5.73 Å². The van der Waals surface area contributed by atoms with Gasteiger partial charge in [0.1, 0.15) is 0 Å². The van der Waals surface area contributed by atoms with Crippen molar-refractivity contribution in [3.63, 3.8) is 0 Å².